The van der Waals surface area contributed by atoms with Crippen LogP contribution in [0.1, 0.15) is 30.6 Å². The summed E-state index contributed by atoms with van der Waals surface area (Å²) in [7, 11) is -3.82. The van der Waals surface area contributed by atoms with Gasteiger partial charge in [-0.2, -0.15) is 4.31 Å². The van der Waals surface area contributed by atoms with Crippen molar-refractivity contribution < 1.29 is 27.5 Å². The Bertz CT molecular complexity index is 744. The maximum absolute atomic E-state index is 12.6. The highest BCUT2D eigenvalue weighted by Gasteiger charge is 2.31. The molecule has 2 rings (SSSR count). The Morgan fingerprint density at radius 3 is 2.58 bits per heavy atom. The molecule has 0 radical (unpaired) electrons. The molecule has 1 aromatic rings. The van der Waals surface area contributed by atoms with Crippen molar-refractivity contribution in [2.24, 2.45) is 0 Å². The smallest absolute Gasteiger partial charge is 0.347 e. The van der Waals surface area contributed by atoms with Crippen molar-refractivity contribution in [2.75, 3.05) is 19.7 Å². The second-order valence-corrected chi connectivity index (χ2v) is 7.40. The quantitative estimate of drug-likeness (QED) is 0.705. The van der Waals surface area contributed by atoms with Crippen molar-refractivity contribution in [2.45, 2.75) is 31.3 Å². The minimum Gasteiger partial charge on any atom is -0.463 e. The lowest BCUT2D eigenvalue weighted by Crippen LogP contribution is -2.31. The van der Waals surface area contributed by atoms with Gasteiger partial charge >= 0.3 is 11.9 Å². The first-order valence-corrected chi connectivity index (χ1v) is 9.30. The van der Waals surface area contributed by atoms with E-state index < -0.39 is 28.1 Å². The first-order chi connectivity index (χ1) is 11.3. The van der Waals surface area contributed by atoms with Crippen LogP contribution in [-0.2, 0) is 24.3 Å². The molecule has 1 atom stereocenters. The van der Waals surface area contributed by atoms with Gasteiger partial charge in [-0.1, -0.05) is 25.4 Å². The van der Waals surface area contributed by atoms with Gasteiger partial charge in [0, 0.05) is 19.5 Å². The van der Waals surface area contributed by atoms with E-state index in [2.05, 4.69) is 0 Å². The molecule has 132 valence electrons. The zero-order valence-corrected chi connectivity index (χ0v) is 14.9. The first kappa shape index (κ1) is 18.7. The number of benzene rings is 1. The summed E-state index contributed by atoms with van der Waals surface area (Å²) in [5.74, 6) is -1.40. The van der Waals surface area contributed by atoms with Crippen LogP contribution in [0.2, 0.25) is 5.02 Å². The minimum atomic E-state index is -3.82. The number of rotatable bonds is 6. The summed E-state index contributed by atoms with van der Waals surface area (Å²) in [5.41, 5.74) is 0.00447. The molecular weight excluding hydrogens is 358 g/mol. The monoisotopic (exact) mass is 375 g/mol. The summed E-state index contributed by atoms with van der Waals surface area (Å²) in [6.45, 7) is 4.16. The van der Waals surface area contributed by atoms with Gasteiger partial charge in [-0.15, -0.1) is 0 Å². The Hall–Kier alpha value is -1.64. The predicted octanol–water partition coefficient (Wildman–Crippen LogP) is 1.84. The largest absolute Gasteiger partial charge is 0.463 e. The standard InChI is InChI=1S/C15H18ClNO6S/c1-3-17(4-2)24(20,21)13-9-10(5-6-11(13)16)14(18)23-12-7-8-22-15(12)19/h5-6,9,12H,3-4,7-8H2,1-2H3/t12-/m1/s1. The second-order valence-electron chi connectivity index (χ2n) is 5.08. The molecule has 1 fully saturated rings. The van der Waals surface area contributed by atoms with Crippen molar-refractivity contribution in [3.05, 3.63) is 28.8 Å². The summed E-state index contributed by atoms with van der Waals surface area (Å²) >= 11 is 6.00. The number of carbonyl (C=O) groups is 2. The van der Waals surface area contributed by atoms with Gasteiger partial charge in [0.15, 0.2) is 0 Å². The highest BCUT2D eigenvalue weighted by atomic mass is 35.5. The van der Waals surface area contributed by atoms with Crippen LogP contribution < -0.4 is 0 Å². The van der Waals surface area contributed by atoms with E-state index in [0.717, 1.165) is 0 Å². The summed E-state index contributed by atoms with van der Waals surface area (Å²) < 4.78 is 36.2. The third-order valence-corrected chi connectivity index (χ3v) is 6.16. The van der Waals surface area contributed by atoms with Crippen LogP contribution in [0.25, 0.3) is 0 Å². The third kappa shape index (κ3) is 3.71. The number of nitrogens with zero attached hydrogens (tertiary/aromatic N) is 1. The van der Waals surface area contributed by atoms with Crippen LogP contribution in [0.3, 0.4) is 0 Å². The fraction of sp³-hybridized carbons (Fsp3) is 0.467. The van der Waals surface area contributed by atoms with E-state index in [1.54, 1.807) is 13.8 Å². The molecule has 0 saturated carbocycles. The van der Waals surface area contributed by atoms with Gasteiger partial charge in [0.25, 0.3) is 0 Å². The third-order valence-electron chi connectivity index (χ3n) is 3.63. The maximum atomic E-state index is 12.6. The number of sulfonamides is 1. The van der Waals surface area contributed by atoms with Crippen LogP contribution >= 0.6 is 11.6 Å². The fourth-order valence-electron chi connectivity index (χ4n) is 2.31. The lowest BCUT2D eigenvalue weighted by atomic mass is 10.2. The molecule has 0 N–H and O–H groups in total. The number of hydrogen-bond donors (Lipinski definition) is 0. The molecule has 1 aliphatic rings. The number of ether oxygens (including phenoxy) is 2. The van der Waals surface area contributed by atoms with E-state index in [4.69, 9.17) is 21.1 Å². The van der Waals surface area contributed by atoms with Gasteiger partial charge in [0.05, 0.1) is 17.2 Å². The molecule has 1 heterocycles. The lowest BCUT2D eigenvalue weighted by Gasteiger charge is -2.19. The van der Waals surface area contributed by atoms with Gasteiger partial charge in [-0.25, -0.2) is 18.0 Å². The van der Waals surface area contributed by atoms with Gasteiger partial charge < -0.3 is 9.47 Å². The van der Waals surface area contributed by atoms with Gasteiger partial charge in [-0.3, -0.25) is 0 Å². The first-order valence-electron chi connectivity index (χ1n) is 7.48. The number of carbonyl (C=O) groups excluding carboxylic acids is 2. The van der Waals surface area contributed by atoms with Crippen molar-refractivity contribution >= 4 is 33.6 Å². The van der Waals surface area contributed by atoms with Crippen molar-refractivity contribution in [3.8, 4) is 0 Å². The molecule has 1 aromatic carbocycles. The van der Waals surface area contributed by atoms with E-state index in [1.807, 2.05) is 0 Å². The van der Waals surface area contributed by atoms with Crippen LogP contribution in [0.4, 0.5) is 0 Å². The molecule has 0 unspecified atom stereocenters. The Balaban J connectivity index is 2.31. The molecule has 9 heteroatoms. The van der Waals surface area contributed by atoms with Crippen LogP contribution in [0.5, 0.6) is 0 Å². The van der Waals surface area contributed by atoms with Crippen LogP contribution in [0, 0.1) is 0 Å². The SMILES string of the molecule is CCN(CC)S(=O)(=O)c1cc(C(=O)O[C@@H]2CCOC2=O)ccc1Cl. The predicted molar refractivity (Wildman–Crippen MR) is 86.3 cm³/mol. The van der Waals surface area contributed by atoms with E-state index in [-0.39, 0.29) is 41.6 Å². The molecule has 0 bridgehead atoms. The average Bonchev–Trinajstić information content (AvgIpc) is 2.93. The summed E-state index contributed by atoms with van der Waals surface area (Å²) in [6, 6.07) is 3.84. The number of cyclic esters (lactones) is 1. The molecule has 1 aliphatic heterocycles. The second kappa shape index (κ2) is 7.50. The lowest BCUT2D eigenvalue weighted by molar-refractivity contribution is -0.145. The van der Waals surface area contributed by atoms with Crippen molar-refractivity contribution in [1.82, 2.24) is 4.31 Å². The van der Waals surface area contributed by atoms with Gasteiger partial charge in [0.2, 0.25) is 16.1 Å². The molecule has 0 aromatic heterocycles. The number of halogens is 1. The van der Waals surface area contributed by atoms with E-state index in [0.29, 0.717) is 0 Å². The zero-order valence-electron chi connectivity index (χ0n) is 13.3. The Morgan fingerprint density at radius 2 is 2.04 bits per heavy atom. The van der Waals surface area contributed by atoms with Crippen molar-refractivity contribution in [1.29, 1.82) is 0 Å². The zero-order chi connectivity index (χ0) is 17.9. The molecule has 0 spiro atoms. The summed E-state index contributed by atoms with van der Waals surface area (Å²) in [4.78, 5) is 23.4. The number of esters is 2. The maximum Gasteiger partial charge on any atom is 0.347 e. The normalized spacial score (nSPS) is 17.8. The molecule has 0 aliphatic carbocycles. The van der Waals surface area contributed by atoms with E-state index >= 15 is 0 Å². The molecule has 24 heavy (non-hydrogen) atoms. The van der Waals surface area contributed by atoms with E-state index in [1.165, 1.54) is 22.5 Å². The molecule has 0 amide bonds. The molecule has 7 nitrogen and oxygen atoms in total. The molecule has 1 saturated heterocycles. The van der Waals surface area contributed by atoms with E-state index in [9.17, 15) is 18.0 Å². The highest BCUT2D eigenvalue weighted by molar-refractivity contribution is 7.89. The van der Waals surface area contributed by atoms with Crippen LogP contribution in [0.15, 0.2) is 23.1 Å². The average molecular weight is 376 g/mol. The molecular formula is C15H18ClNO6S. The topological polar surface area (TPSA) is 90.0 Å². The van der Waals surface area contributed by atoms with Gasteiger partial charge in [-0.05, 0) is 18.2 Å². The summed E-state index contributed by atoms with van der Waals surface area (Å²) in [6.07, 6.45) is -0.681. The summed E-state index contributed by atoms with van der Waals surface area (Å²) in [5, 5.41) is 0.0127. The Labute approximate surface area is 145 Å². The Kier molecular flexibility index (Phi) is 5.84. The minimum absolute atomic E-state index is 0.00447. The van der Waals surface area contributed by atoms with Crippen LogP contribution in [-0.4, -0.2) is 50.5 Å². The fourth-order valence-corrected chi connectivity index (χ4v) is 4.27. The Morgan fingerprint density at radius 1 is 1.38 bits per heavy atom. The number of hydrogen-bond acceptors (Lipinski definition) is 6. The highest BCUT2D eigenvalue weighted by Crippen LogP contribution is 2.26. The van der Waals surface area contributed by atoms with Gasteiger partial charge in [0.1, 0.15) is 4.90 Å². The van der Waals surface area contributed by atoms with Crippen molar-refractivity contribution in [3.63, 3.8) is 0 Å².